The lowest BCUT2D eigenvalue weighted by atomic mass is 9.88. The summed E-state index contributed by atoms with van der Waals surface area (Å²) in [5.41, 5.74) is 3.54. The molecule has 1 amide bonds. The molecule has 6 heteroatoms. The van der Waals surface area contributed by atoms with Gasteiger partial charge in [0.2, 0.25) is 0 Å². The third-order valence-corrected chi connectivity index (χ3v) is 6.19. The highest BCUT2D eigenvalue weighted by Crippen LogP contribution is 2.47. The average Bonchev–Trinajstić information content (AvgIpc) is 2.89. The molecule has 0 bridgehead atoms. The lowest BCUT2D eigenvalue weighted by molar-refractivity contribution is -0.115. The van der Waals surface area contributed by atoms with Crippen molar-refractivity contribution in [1.29, 1.82) is 0 Å². The Hall–Kier alpha value is -2.86. The number of anilines is 1. The van der Waals surface area contributed by atoms with E-state index in [1.807, 2.05) is 39.0 Å². The zero-order valence-corrected chi connectivity index (χ0v) is 16.6. The van der Waals surface area contributed by atoms with Gasteiger partial charge in [-0.2, -0.15) is 0 Å². The molecule has 0 saturated heterocycles. The minimum atomic E-state index is -0.958. The van der Waals surface area contributed by atoms with E-state index in [2.05, 4.69) is 0 Å². The molecule has 5 nitrogen and oxygen atoms in total. The topological polar surface area (TPSA) is 74.7 Å². The van der Waals surface area contributed by atoms with Crippen molar-refractivity contribution in [2.75, 3.05) is 10.7 Å². The van der Waals surface area contributed by atoms with Gasteiger partial charge in [-0.15, -0.1) is 11.8 Å². The standard InChI is InChI=1S/C22H19NO4S/c1-12-8-15-13(11-28-17-7-5-4-6-14(17)21(26)27)10-22(2,3)23-18(15)16(9-12)19(24)20(23)25/h4-10H,11H2,1-3H3,(H,26,27). The molecule has 2 aromatic rings. The second kappa shape index (κ2) is 6.34. The van der Waals surface area contributed by atoms with Crippen LogP contribution in [0.5, 0.6) is 0 Å². The van der Waals surface area contributed by atoms with Crippen molar-refractivity contribution in [3.8, 4) is 0 Å². The number of carboxylic acid groups (broad SMARTS) is 1. The second-order valence-electron chi connectivity index (χ2n) is 7.59. The minimum absolute atomic E-state index is 0.268. The van der Waals surface area contributed by atoms with Crippen LogP contribution in [-0.4, -0.2) is 34.1 Å². The SMILES string of the molecule is Cc1cc2c3c(c1)C(CSc1ccccc1C(=O)O)=CC(C)(C)N3C(=O)C2=O. The van der Waals surface area contributed by atoms with Crippen LogP contribution in [0.15, 0.2) is 47.4 Å². The summed E-state index contributed by atoms with van der Waals surface area (Å²) in [6.07, 6.45) is 2.01. The first-order valence-electron chi connectivity index (χ1n) is 8.91. The molecule has 4 rings (SSSR count). The maximum Gasteiger partial charge on any atom is 0.336 e. The highest BCUT2D eigenvalue weighted by atomic mass is 32.2. The number of hydrogen-bond acceptors (Lipinski definition) is 4. The predicted molar refractivity (Wildman–Crippen MR) is 109 cm³/mol. The van der Waals surface area contributed by atoms with Crippen molar-refractivity contribution in [3.63, 3.8) is 0 Å². The molecule has 0 fully saturated rings. The van der Waals surface area contributed by atoms with Crippen molar-refractivity contribution in [2.45, 2.75) is 31.2 Å². The zero-order valence-electron chi connectivity index (χ0n) is 15.8. The summed E-state index contributed by atoms with van der Waals surface area (Å²) in [5.74, 6) is -1.38. The Kier molecular flexibility index (Phi) is 4.19. The molecular weight excluding hydrogens is 374 g/mol. The Morgan fingerprint density at radius 2 is 1.82 bits per heavy atom. The van der Waals surface area contributed by atoms with Crippen molar-refractivity contribution < 1.29 is 19.5 Å². The van der Waals surface area contributed by atoms with Gasteiger partial charge in [0, 0.05) is 16.2 Å². The van der Waals surface area contributed by atoms with Crippen LogP contribution >= 0.6 is 11.8 Å². The zero-order chi connectivity index (χ0) is 20.2. The first kappa shape index (κ1) is 18.5. The highest BCUT2D eigenvalue weighted by molar-refractivity contribution is 7.99. The Morgan fingerprint density at radius 1 is 1.14 bits per heavy atom. The normalized spacial score (nSPS) is 16.8. The minimum Gasteiger partial charge on any atom is -0.478 e. The number of carbonyl (C=O) groups excluding carboxylic acids is 2. The van der Waals surface area contributed by atoms with E-state index in [9.17, 15) is 19.5 Å². The van der Waals surface area contributed by atoms with Crippen molar-refractivity contribution in [2.24, 2.45) is 0 Å². The molecule has 0 aliphatic carbocycles. The fourth-order valence-electron chi connectivity index (χ4n) is 3.92. The van der Waals surface area contributed by atoms with E-state index >= 15 is 0 Å². The molecule has 142 valence electrons. The molecule has 2 aliphatic rings. The van der Waals surface area contributed by atoms with Crippen LogP contribution in [-0.2, 0) is 4.79 Å². The summed E-state index contributed by atoms with van der Waals surface area (Å²) >= 11 is 1.44. The van der Waals surface area contributed by atoms with Gasteiger partial charge in [0.15, 0.2) is 0 Å². The van der Waals surface area contributed by atoms with Gasteiger partial charge in [0.25, 0.3) is 11.7 Å². The van der Waals surface area contributed by atoms with E-state index < -0.39 is 23.2 Å². The first-order chi connectivity index (χ1) is 13.2. The smallest absolute Gasteiger partial charge is 0.336 e. The maximum absolute atomic E-state index is 12.6. The van der Waals surface area contributed by atoms with Gasteiger partial charge >= 0.3 is 5.97 Å². The average molecular weight is 393 g/mol. The van der Waals surface area contributed by atoms with Gasteiger partial charge in [-0.3, -0.25) is 14.5 Å². The first-order valence-corrected chi connectivity index (χ1v) is 9.90. The lowest BCUT2D eigenvalue weighted by Crippen LogP contribution is -2.47. The largest absolute Gasteiger partial charge is 0.478 e. The third-order valence-electron chi connectivity index (χ3n) is 5.07. The second-order valence-corrected chi connectivity index (χ2v) is 8.61. The van der Waals surface area contributed by atoms with E-state index in [1.54, 1.807) is 29.2 Å². The van der Waals surface area contributed by atoms with Gasteiger partial charge in [0.1, 0.15) is 0 Å². The summed E-state index contributed by atoms with van der Waals surface area (Å²) in [4.78, 5) is 38.8. The van der Waals surface area contributed by atoms with E-state index in [4.69, 9.17) is 0 Å². The van der Waals surface area contributed by atoms with Crippen LogP contribution in [0.3, 0.4) is 0 Å². The van der Waals surface area contributed by atoms with E-state index in [-0.39, 0.29) is 5.56 Å². The highest BCUT2D eigenvalue weighted by Gasteiger charge is 2.47. The summed E-state index contributed by atoms with van der Waals surface area (Å²) in [6, 6.07) is 10.7. The lowest BCUT2D eigenvalue weighted by Gasteiger charge is -2.39. The summed E-state index contributed by atoms with van der Waals surface area (Å²) in [5, 5.41) is 9.41. The number of ketones is 1. The molecular formula is C22H19NO4S. The molecule has 0 atom stereocenters. The third kappa shape index (κ3) is 2.76. The summed E-state index contributed by atoms with van der Waals surface area (Å²) in [7, 11) is 0. The van der Waals surface area contributed by atoms with E-state index in [0.717, 1.165) is 16.7 Å². The van der Waals surface area contributed by atoms with Gasteiger partial charge < -0.3 is 5.11 Å². The number of rotatable bonds is 4. The molecule has 0 radical (unpaired) electrons. The number of aryl methyl sites for hydroxylation is 1. The number of carboxylic acids is 1. The van der Waals surface area contributed by atoms with Crippen LogP contribution < -0.4 is 4.90 Å². The van der Waals surface area contributed by atoms with Crippen LogP contribution in [0, 0.1) is 6.92 Å². The molecule has 2 aromatic carbocycles. The molecule has 0 aromatic heterocycles. The number of carbonyl (C=O) groups is 3. The number of amides is 1. The van der Waals surface area contributed by atoms with Crippen LogP contribution in [0.2, 0.25) is 0 Å². The van der Waals surface area contributed by atoms with Crippen LogP contribution in [0.4, 0.5) is 5.69 Å². The Balaban J connectivity index is 1.77. The quantitative estimate of drug-likeness (QED) is 0.623. The Bertz CT molecular complexity index is 1080. The molecule has 1 N–H and O–H groups in total. The Morgan fingerprint density at radius 3 is 2.54 bits per heavy atom. The van der Waals surface area contributed by atoms with Crippen LogP contribution in [0.25, 0.3) is 5.57 Å². The molecule has 0 spiro atoms. The number of Topliss-reactive ketones (excluding diaryl/α,β-unsaturated/α-hetero) is 1. The van der Waals surface area contributed by atoms with Crippen molar-refractivity contribution >= 4 is 40.7 Å². The Labute approximate surface area is 167 Å². The summed E-state index contributed by atoms with van der Waals surface area (Å²) in [6.45, 7) is 5.72. The van der Waals surface area contributed by atoms with E-state index in [0.29, 0.717) is 21.9 Å². The number of benzene rings is 2. The van der Waals surface area contributed by atoms with E-state index in [1.165, 1.54) is 11.8 Å². The van der Waals surface area contributed by atoms with Gasteiger partial charge in [-0.25, -0.2) is 4.79 Å². The maximum atomic E-state index is 12.6. The van der Waals surface area contributed by atoms with Crippen LogP contribution in [0.1, 0.15) is 45.7 Å². The van der Waals surface area contributed by atoms with Gasteiger partial charge in [0.05, 0.1) is 22.4 Å². The molecule has 28 heavy (non-hydrogen) atoms. The fourth-order valence-corrected chi connectivity index (χ4v) is 4.95. The van der Waals surface area contributed by atoms with Crippen molar-refractivity contribution in [1.82, 2.24) is 0 Å². The monoisotopic (exact) mass is 393 g/mol. The number of thioether (sulfide) groups is 1. The molecule has 0 unspecified atom stereocenters. The predicted octanol–water partition coefficient (Wildman–Crippen LogP) is 4.19. The number of aromatic carboxylic acids is 1. The van der Waals surface area contributed by atoms with Crippen molar-refractivity contribution in [3.05, 3.63) is 64.7 Å². The molecule has 2 heterocycles. The molecule has 2 aliphatic heterocycles. The van der Waals surface area contributed by atoms with Gasteiger partial charge in [-0.1, -0.05) is 18.2 Å². The number of hydrogen-bond donors (Lipinski definition) is 1. The molecule has 0 saturated carbocycles. The van der Waals surface area contributed by atoms with Gasteiger partial charge in [-0.05, 0) is 56.2 Å². The number of nitrogens with zero attached hydrogens (tertiary/aromatic N) is 1. The summed E-state index contributed by atoms with van der Waals surface area (Å²) < 4.78 is 0. The fraction of sp³-hybridized carbons (Fsp3) is 0.227.